The normalized spacial score (nSPS) is 11.9. The number of benzene rings is 1. The molecule has 0 aliphatic rings. The van der Waals surface area contributed by atoms with E-state index in [1.807, 2.05) is 12.1 Å². The summed E-state index contributed by atoms with van der Waals surface area (Å²) in [4.78, 5) is 16.2. The lowest BCUT2D eigenvalue weighted by Crippen LogP contribution is -2.36. The first kappa shape index (κ1) is 13.0. The van der Waals surface area contributed by atoms with Crippen LogP contribution in [0.1, 0.15) is 13.8 Å². The van der Waals surface area contributed by atoms with Crippen LogP contribution in [0.2, 0.25) is 0 Å². The van der Waals surface area contributed by atoms with Crippen molar-refractivity contribution in [1.29, 1.82) is 0 Å². The highest BCUT2D eigenvalue weighted by molar-refractivity contribution is 9.10. The molecule has 4 nitrogen and oxygen atoms in total. The number of ether oxygens (including phenoxy) is 1. The Kier molecular flexibility index (Phi) is 5.28. The molecule has 1 aromatic rings. The van der Waals surface area contributed by atoms with Gasteiger partial charge in [0.1, 0.15) is 5.75 Å². The van der Waals surface area contributed by atoms with Gasteiger partial charge in [0.25, 0.3) is 5.91 Å². The van der Waals surface area contributed by atoms with Crippen LogP contribution in [-0.2, 0) is 9.63 Å². The SMILES string of the molecule is CCONC(=O)C(C)Oc1ccc(Br)cc1. The topological polar surface area (TPSA) is 47.6 Å². The number of halogens is 1. The van der Waals surface area contributed by atoms with Crippen molar-refractivity contribution in [2.45, 2.75) is 20.0 Å². The first-order valence-electron chi connectivity index (χ1n) is 4.97. The number of hydroxylamine groups is 1. The third-order valence-electron chi connectivity index (χ3n) is 1.81. The molecule has 1 atom stereocenters. The second kappa shape index (κ2) is 6.50. The monoisotopic (exact) mass is 287 g/mol. The third kappa shape index (κ3) is 4.20. The molecule has 16 heavy (non-hydrogen) atoms. The van der Waals surface area contributed by atoms with Gasteiger partial charge in [-0.1, -0.05) is 15.9 Å². The fraction of sp³-hybridized carbons (Fsp3) is 0.364. The van der Waals surface area contributed by atoms with Gasteiger partial charge in [0.2, 0.25) is 0 Å². The average molecular weight is 288 g/mol. The van der Waals surface area contributed by atoms with Crippen LogP contribution >= 0.6 is 15.9 Å². The third-order valence-corrected chi connectivity index (χ3v) is 2.34. The van der Waals surface area contributed by atoms with E-state index >= 15 is 0 Å². The largest absolute Gasteiger partial charge is 0.481 e. The molecule has 1 N–H and O–H groups in total. The van der Waals surface area contributed by atoms with Gasteiger partial charge in [-0.25, -0.2) is 5.48 Å². The molecular weight excluding hydrogens is 274 g/mol. The first-order chi connectivity index (χ1) is 7.63. The molecule has 0 saturated heterocycles. The van der Waals surface area contributed by atoms with Gasteiger partial charge < -0.3 is 4.74 Å². The molecule has 0 aromatic heterocycles. The highest BCUT2D eigenvalue weighted by Gasteiger charge is 2.14. The molecule has 88 valence electrons. The summed E-state index contributed by atoms with van der Waals surface area (Å²) in [5.41, 5.74) is 2.29. The Morgan fingerprint density at radius 3 is 2.62 bits per heavy atom. The molecule has 0 aliphatic carbocycles. The molecule has 1 unspecified atom stereocenters. The van der Waals surface area contributed by atoms with Gasteiger partial charge >= 0.3 is 0 Å². The lowest BCUT2D eigenvalue weighted by molar-refractivity contribution is -0.139. The van der Waals surface area contributed by atoms with E-state index in [0.717, 1.165) is 4.47 Å². The van der Waals surface area contributed by atoms with Crippen molar-refractivity contribution >= 4 is 21.8 Å². The summed E-state index contributed by atoms with van der Waals surface area (Å²) in [7, 11) is 0. The molecule has 0 heterocycles. The summed E-state index contributed by atoms with van der Waals surface area (Å²) in [6, 6.07) is 7.27. The van der Waals surface area contributed by atoms with Crippen molar-refractivity contribution in [3.8, 4) is 5.75 Å². The minimum absolute atomic E-state index is 0.301. The minimum Gasteiger partial charge on any atom is -0.481 e. The molecule has 5 heteroatoms. The zero-order valence-corrected chi connectivity index (χ0v) is 10.8. The van der Waals surface area contributed by atoms with Crippen LogP contribution in [0.3, 0.4) is 0 Å². The van der Waals surface area contributed by atoms with Gasteiger partial charge in [-0.05, 0) is 38.1 Å². The predicted octanol–water partition coefficient (Wildman–Crippen LogP) is 2.28. The van der Waals surface area contributed by atoms with Crippen molar-refractivity contribution in [2.75, 3.05) is 6.61 Å². The van der Waals surface area contributed by atoms with Crippen molar-refractivity contribution < 1.29 is 14.4 Å². The summed E-state index contributed by atoms with van der Waals surface area (Å²) in [5, 5.41) is 0. The van der Waals surface area contributed by atoms with Crippen LogP contribution < -0.4 is 10.2 Å². The molecule has 1 amide bonds. The number of hydrogen-bond acceptors (Lipinski definition) is 3. The Morgan fingerprint density at radius 1 is 1.44 bits per heavy atom. The molecule has 0 bridgehead atoms. The van der Waals surface area contributed by atoms with E-state index in [-0.39, 0.29) is 5.91 Å². The number of rotatable bonds is 5. The van der Waals surface area contributed by atoms with E-state index in [0.29, 0.717) is 12.4 Å². The van der Waals surface area contributed by atoms with E-state index in [1.54, 1.807) is 26.0 Å². The van der Waals surface area contributed by atoms with E-state index in [4.69, 9.17) is 9.57 Å². The van der Waals surface area contributed by atoms with Crippen LogP contribution in [0.4, 0.5) is 0 Å². The molecule has 0 fully saturated rings. The zero-order valence-electron chi connectivity index (χ0n) is 9.20. The summed E-state index contributed by atoms with van der Waals surface area (Å²) >= 11 is 3.32. The molecule has 0 radical (unpaired) electrons. The van der Waals surface area contributed by atoms with E-state index in [1.165, 1.54) is 0 Å². The fourth-order valence-corrected chi connectivity index (χ4v) is 1.26. The van der Waals surface area contributed by atoms with Crippen molar-refractivity contribution in [3.63, 3.8) is 0 Å². The molecule has 0 spiro atoms. The second-order valence-electron chi connectivity index (χ2n) is 3.11. The fourth-order valence-electron chi connectivity index (χ4n) is 0.997. The second-order valence-corrected chi connectivity index (χ2v) is 4.03. The molecule has 0 aliphatic heterocycles. The number of carbonyl (C=O) groups excluding carboxylic acids is 1. The van der Waals surface area contributed by atoms with Crippen molar-refractivity contribution in [2.24, 2.45) is 0 Å². The maximum absolute atomic E-state index is 11.4. The van der Waals surface area contributed by atoms with E-state index < -0.39 is 6.10 Å². The molecule has 1 rings (SSSR count). The van der Waals surface area contributed by atoms with Crippen LogP contribution in [0.25, 0.3) is 0 Å². The van der Waals surface area contributed by atoms with Crippen molar-refractivity contribution in [3.05, 3.63) is 28.7 Å². The Balaban J connectivity index is 2.47. The van der Waals surface area contributed by atoms with Crippen LogP contribution in [0.5, 0.6) is 5.75 Å². The number of hydrogen-bond donors (Lipinski definition) is 1. The number of carbonyl (C=O) groups is 1. The smallest absolute Gasteiger partial charge is 0.284 e. The Labute approximate surface area is 103 Å². The quantitative estimate of drug-likeness (QED) is 0.846. The van der Waals surface area contributed by atoms with Crippen LogP contribution in [0.15, 0.2) is 28.7 Å². The summed E-state index contributed by atoms with van der Waals surface area (Å²) in [6.07, 6.45) is -0.590. The van der Waals surface area contributed by atoms with Crippen LogP contribution in [-0.4, -0.2) is 18.6 Å². The van der Waals surface area contributed by atoms with E-state index in [2.05, 4.69) is 21.4 Å². The lowest BCUT2D eigenvalue weighted by Gasteiger charge is -2.14. The van der Waals surface area contributed by atoms with Gasteiger partial charge in [-0.2, -0.15) is 0 Å². The predicted molar refractivity (Wildman–Crippen MR) is 64.0 cm³/mol. The van der Waals surface area contributed by atoms with E-state index in [9.17, 15) is 4.79 Å². The van der Waals surface area contributed by atoms with Gasteiger partial charge in [-0.15, -0.1) is 0 Å². The Morgan fingerprint density at radius 2 is 2.06 bits per heavy atom. The highest BCUT2D eigenvalue weighted by atomic mass is 79.9. The van der Waals surface area contributed by atoms with Gasteiger partial charge in [0.15, 0.2) is 6.10 Å². The maximum atomic E-state index is 11.4. The summed E-state index contributed by atoms with van der Waals surface area (Å²) in [5.74, 6) is 0.340. The summed E-state index contributed by atoms with van der Waals surface area (Å²) < 4.78 is 6.38. The highest BCUT2D eigenvalue weighted by Crippen LogP contribution is 2.17. The maximum Gasteiger partial charge on any atom is 0.284 e. The Hall–Kier alpha value is -1.07. The Bertz CT molecular complexity index is 340. The van der Waals surface area contributed by atoms with Crippen LogP contribution in [0, 0.1) is 0 Å². The minimum atomic E-state index is -0.590. The summed E-state index contributed by atoms with van der Waals surface area (Å²) in [6.45, 7) is 3.88. The van der Waals surface area contributed by atoms with Gasteiger partial charge in [-0.3, -0.25) is 9.63 Å². The average Bonchev–Trinajstić information content (AvgIpc) is 2.29. The number of nitrogens with one attached hydrogen (secondary N) is 1. The molecule has 0 saturated carbocycles. The standard InChI is InChI=1S/C11H14BrNO3/c1-3-15-13-11(14)8(2)16-10-6-4-9(12)5-7-10/h4-8H,3H2,1-2H3,(H,13,14). The zero-order chi connectivity index (χ0) is 12.0. The van der Waals surface area contributed by atoms with Crippen molar-refractivity contribution in [1.82, 2.24) is 5.48 Å². The molecule has 1 aromatic carbocycles. The van der Waals surface area contributed by atoms with Gasteiger partial charge in [0, 0.05) is 4.47 Å². The lowest BCUT2D eigenvalue weighted by atomic mass is 10.3. The number of amides is 1. The van der Waals surface area contributed by atoms with Gasteiger partial charge in [0.05, 0.1) is 6.61 Å². The first-order valence-corrected chi connectivity index (χ1v) is 5.76. The molecular formula is C11H14BrNO3.